The third-order valence-corrected chi connectivity index (χ3v) is 1.80. The van der Waals surface area contributed by atoms with Crippen LogP contribution < -0.4 is 0 Å². The van der Waals surface area contributed by atoms with Crippen LogP contribution >= 0.6 is 0 Å². The lowest BCUT2D eigenvalue weighted by Crippen LogP contribution is -1.99. The molecule has 1 nitrogen and oxygen atoms in total. The lowest BCUT2D eigenvalue weighted by atomic mass is 10.2. The van der Waals surface area contributed by atoms with Crippen LogP contribution in [-0.2, 0) is 0 Å². The molecule has 0 aromatic carbocycles. The maximum absolute atomic E-state index is 9.14. The van der Waals surface area contributed by atoms with Gasteiger partial charge in [-0.25, -0.2) is 0 Å². The van der Waals surface area contributed by atoms with Crippen LogP contribution in [0.4, 0.5) is 0 Å². The van der Waals surface area contributed by atoms with Crippen LogP contribution in [0.1, 0.15) is 32.6 Å². The van der Waals surface area contributed by atoms with Crippen LogP contribution in [0.2, 0.25) is 0 Å². The van der Waals surface area contributed by atoms with Gasteiger partial charge in [0.1, 0.15) is 0 Å². The summed E-state index contributed by atoms with van der Waals surface area (Å²) in [6.07, 6.45) is 13.6. The Morgan fingerprint density at radius 3 is 2.38 bits per heavy atom. The number of rotatable bonds is 7. The number of aliphatic hydroxyl groups is 1. The van der Waals surface area contributed by atoms with E-state index in [2.05, 4.69) is 30.9 Å². The van der Waals surface area contributed by atoms with Crippen molar-refractivity contribution in [2.45, 2.75) is 38.7 Å². The molecule has 0 amide bonds. The minimum Gasteiger partial charge on any atom is -0.389 e. The third-order valence-electron chi connectivity index (χ3n) is 1.80. The third kappa shape index (κ3) is 9.09. The lowest BCUT2D eigenvalue weighted by Gasteiger charge is -1.99. The molecule has 0 heterocycles. The number of hydrogen-bond donors (Lipinski definition) is 1. The van der Waals surface area contributed by atoms with Crippen LogP contribution in [0, 0.1) is 0 Å². The Morgan fingerprint density at radius 2 is 1.77 bits per heavy atom. The van der Waals surface area contributed by atoms with Gasteiger partial charge in [0, 0.05) is 0 Å². The van der Waals surface area contributed by atoms with E-state index in [-0.39, 0.29) is 6.10 Å². The van der Waals surface area contributed by atoms with Crippen LogP contribution in [0.3, 0.4) is 0 Å². The molecule has 1 atom stereocenters. The summed E-state index contributed by atoms with van der Waals surface area (Å²) in [5.41, 5.74) is 0. The molecule has 0 radical (unpaired) electrons. The monoisotopic (exact) mass is 180 g/mol. The van der Waals surface area contributed by atoms with Crippen LogP contribution in [0.25, 0.3) is 0 Å². The molecule has 1 N–H and O–H groups in total. The first-order valence-corrected chi connectivity index (χ1v) is 4.88. The summed E-state index contributed by atoms with van der Waals surface area (Å²) in [5, 5.41) is 9.14. The van der Waals surface area contributed by atoms with Crippen molar-refractivity contribution in [1.29, 1.82) is 0 Å². The Labute approximate surface area is 81.5 Å². The van der Waals surface area contributed by atoms with E-state index >= 15 is 0 Å². The minimum absolute atomic E-state index is 0.347. The molecule has 0 aliphatic rings. The second-order valence-electron chi connectivity index (χ2n) is 3.00. The molecule has 1 unspecified atom stereocenters. The SMILES string of the molecule is C=CC(O)CC/C=C/CC/C=C/C. The normalized spacial score (nSPS) is 14.0. The molecular weight excluding hydrogens is 160 g/mol. The van der Waals surface area contributed by atoms with Crippen molar-refractivity contribution < 1.29 is 5.11 Å². The fraction of sp³-hybridized carbons (Fsp3) is 0.500. The molecule has 0 saturated carbocycles. The topological polar surface area (TPSA) is 20.2 Å². The standard InChI is InChI=1S/C12H20O/c1-3-5-6-7-8-9-10-11-12(13)4-2/h3-5,8-9,12-13H,2,6-7,10-11H2,1H3/b5-3+,9-8+. The summed E-state index contributed by atoms with van der Waals surface area (Å²) >= 11 is 0. The Balaban J connectivity index is 3.26. The zero-order valence-electron chi connectivity index (χ0n) is 8.45. The summed E-state index contributed by atoms with van der Waals surface area (Å²) in [4.78, 5) is 0. The molecule has 0 fully saturated rings. The average molecular weight is 180 g/mol. The Hall–Kier alpha value is -0.820. The van der Waals surface area contributed by atoms with Gasteiger partial charge in [-0.3, -0.25) is 0 Å². The van der Waals surface area contributed by atoms with Crippen LogP contribution in [-0.4, -0.2) is 11.2 Å². The van der Waals surface area contributed by atoms with Crippen molar-refractivity contribution >= 4 is 0 Å². The van der Waals surface area contributed by atoms with E-state index in [4.69, 9.17) is 5.11 Å². The van der Waals surface area contributed by atoms with Gasteiger partial charge in [-0.05, 0) is 32.6 Å². The van der Waals surface area contributed by atoms with E-state index < -0.39 is 0 Å². The highest BCUT2D eigenvalue weighted by Gasteiger charge is 1.93. The van der Waals surface area contributed by atoms with Gasteiger partial charge >= 0.3 is 0 Å². The Bertz CT molecular complexity index is 168. The molecule has 0 aromatic heterocycles. The zero-order chi connectivity index (χ0) is 9.94. The molecule has 74 valence electrons. The first kappa shape index (κ1) is 12.2. The predicted octanol–water partition coefficient (Wildman–Crippen LogP) is 3.23. The Morgan fingerprint density at radius 1 is 1.15 bits per heavy atom. The molecule has 0 aliphatic heterocycles. The summed E-state index contributed by atoms with van der Waals surface area (Å²) in [6, 6.07) is 0. The molecular formula is C12H20O. The van der Waals surface area contributed by atoms with Crippen molar-refractivity contribution in [3.8, 4) is 0 Å². The van der Waals surface area contributed by atoms with Crippen molar-refractivity contribution in [2.24, 2.45) is 0 Å². The molecule has 0 aliphatic carbocycles. The first-order valence-electron chi connectivity index (χ1n) is 4.88. The second kappa shape index (κ2) is 9.27. The van der Waals surface area contributed by atoms with Gasteiger partial charge in [0.05, 0.1) is 6.10 Å². The molecule has 0 spiro atoms. The smallest absolute Gasteiger partial charge is 0.0721 e. The summed E-state index contributed by atoms with van der Waals surface area (Å²) < 4.78 is 0. The highest BCUT2D eigenvalue weighted by atomic mass is 16.3. The average Bonchev–Trinajstić information content (AvgIpc) is 2.16. The fourth-order valence-corrected chi connectivity index (χ4v) is 0.980. The molecule has 13 heavy (non-hydrogen) atoms. The van der Waals surface area contributed by atoms with Crippen molar-refractivity contribution in [2.75, 3.05) is 0 Å². The van der Waals surface area contributed by atoms with Gasteiger partial charge in [-0.15, -0.1) is 6.58 Å². The highest BCUT2D eigenvalue weighted by Crippen LogP contribution is 2.00. The van der Waals surface area contributed by atoms with E-state index in [0.29, 0.717) is 0 Å². The van der Waals surface area contributed by atoms with E-state index in [1.165, 1.54) is 0 Å². The predicted molar refractivity (Wildman–Crippen MR) is 58.6 cm³/mol. The fourth-order valence-electron chi connectivity index (χ4n) is 0.980. The van der Waals surface area contributed by atoms with E-state index in [1.807, 2.05) is 6.92 Å². The Kier molecular flexibility index (Phi) is 8.68. The van der Waals surface area contributed by atoms with Gasteiger partial charge < -0.3 is 5.11 Å². The molecule has 0 rings (SSSR count). The van der Waals surface area contributed by atoms with E-state index in [1.54, 1.807) is 6.08 Å². The van der Waals surface area contributed by atoms with Crippen LogP contribution in [0.5, 0.6) is 0 Å². The van der Waals surface area contributed by atoms with Gasteiger partial charge in [-0.2, -0.15) is 0 Å². The lowest BCUT2D eigenvalue weighted by molar-refractivity contribution is 0.214. The number of allylic oxidation sites excluding steroid dienone is 4. The molecule has 0 saturated heterocycles. The van der Waals surface area contributed by atoms with E-state index in [0.717, 1.165) is 25.7 Å². The van der Waals surface area contributed by atoms with Gasteiger partial charge in [-0.1, -0.05) is 30.4 Å². The minimum atomic E-state index is -0.347. The van der Waals surface area contributed by atoms with Gasteiger partial charge in [0.15, 0.2) is 0 Å². The number of aliphatic hydroxyl groups excluding tert-OH is 1. The number of hydrogen-bond acceptors (Lipinski definition) is 1. The van der Waals surface area contributed by atoms with Crippen LogP contribution in [0.15, 0.2) is 37.0 Å². The first-order chi connectivity index (χ1) is 6.31. The second-order valence-corrected chi connectivity index (χ2v) is 3.00. The van der Waals surface area contributed by atoms with E-state index in [9.17, 15) is 0 Å². The summed E-state index contributed by atoms with van der Waals surface area (Å²) in [5.74, 6) is 0. The molecule has 0 bridgehead atoms. The maximum atomic E-state index is 9.14. The van der Waals surface area contributed by atoms with Gasteiger partial charge in [0.25, 0.3) is 0 Å². The molecule has 1 heteroatoms. The van der Waals surface area contributed by atoms with Crippen molar-refractivity contribution in [3.63, 3.8) is 0 Å². The number of unbranched alkanes of at least 4 members (excludes halogenated alkanes) is 1. The summed E-state index contributed by atoms with van der Waals surface area (Å²) in [7, 11) is 0. The largest absolute Gasteiger partial charge is 0.389 e. The highest BCUT2D eigenvalue weighted by molar-refractivity contribution is 4.88. The summed E-state index contributed by atoms with van der Waals surface area (Å²) in [6.45, 7) is 5.55. The maximum Gasteiger partial charge on any atom is 0.0721 e. The molecule has 0 aromatic rings. The van der Waals surface area contributed by atoms with Crippen molar-refractivity contribution in [3.05, 3.63) is 37.0 Å². The van der Waals surface area contributed by atoms with Gasteiger partial charge in [0.2, 0.25) is 0 Å². The zero-order valence-corrected chi connectivity index (χ0v) is 8.45. The quantitative estimate of drug-likeness (QED) is 0.471. The van der Waals surface area contributed by atoms with Crippen molar-refractivity contribution in [1.82, 2.24) is 0 Å².